The van der Waals surface area contributed by atoms with Gasteiger partial charge in [-0.2, -0.15) is 0 Å². The van der Waals surface area contributed by atoms with E-state index in [4.69, 9.17) is 11.6 Å². The average molecular weight is 359 g/mol. The van der Waals surface area contributed by atoms with Gasteiger partial charge in [-0.15, -0.1) is 12.4 Å². The fraction of sp³-hybridized carbons (Fsp3) is 0.611. The number of carbonyl (C=O) groups is 1. The van der Waals surface area contributed by atoms with Crippen LogP contribution in [0.1, 0.15) is 52.0 Å². The molecule has 1 aromatic carbocycles. The zero-order valence-electron chi connectivity index (χ0n) is 14.2. The molecule has 2 rings (SSSR count). The van der Waals surface area contributed by atoms with Crippen molar-refractivity contribution < 1.29 is 4.79 Å². The summed E-state index contributed by atoms with van der Waals surface area (Å²) in [4.78, 5) is 12.8. The van der Waals surface area contributed by atoms with E-state index in [0.717, 1.165) is 42.8 Å². The molecule has 1 saturated heterocycles. The zero-order valence-corrected chi connectivity index (χ0v) is 15.8. The standard InChI is InChI=1S/C18H27ClN2O.ClH/c1-4-18(5-2,15-6-8-16(19)9-7-15)21-17(22)14-10-11-20-13(3)12-14;/h6-9,13-14,20H,4-5,10-12H2,1-3H3,(H,21,22);1H/t13-,14-;/m0./s1. The Kier molecular flexibility index (Phi) is 7.85. The van der Waals surface area contributed by atoms with E-state index in [0.29, 0.717) is 6.04 Å². The molecule has 1 aliphatic heterocycles. The molecule has 1 amide bonds. The molecule has 2 atom stereocenters. The summed E-state index contributed by atoms with van der Waals surface area (Å²) in [5, 5.41) is 7.47. The average Bonchev–Trinajstić information content (AvgIpc) is 2.53. The predicted molar refractivity (Wildman–Crippen MR) is 99.3 cm³/mol. The Labute approximate surface area is 151 Å². The monoisotopic (exact) mass is 358 g/mol. The first-order valence-electron chi connectivity index (χ1n) is 8.32. The second-order valence-corrected chi connectivity index (χ2v) is 6.80. The third kappa shape index (κ3) is 4.85. The van der Waals surface area contributed by atoms with Crippen LogP contribution in [-0.2, 0) is 10.3 Å². The van der Waals surface area contributed by atoms with Crippen molar-refractivity contribution in [3.63, 3.8) is 0 Å². The van der Waals surface area contributed by atoms with E-state index in [2.05, 4.69) is 31.4 Å². The number of carbonyl (C=O) groups excluding carboxylic acids is 1. The largest absolute Gasteiger partial charge is 0.346 e. The first-order valence-corrected chi connectivity index (χ1v) is 8.70. The molecule has 5 heteroatoms. The van der Waals surface area contributed by atoms with Gasteiger partial charge in [0.1, 0.15) is 0 Å². The summed E-state index contributed by atoms with van der Waals surface area (Å²) in [7, 11) is 0. The quantitative estimate of drug-likeness (QED) is 0.824. The van der Waals surface area contributed by atoms with E-state index in [9.17, 15) is 4.79 Å². The summed E-state index contributed by atoms with van der Waals surface area (Å²) in [5.74, 6) is 0.299. The molecule has 0 spiro atoms. The smallest absolute Gasteiger partial charge is 0.223 e. The molecule has 1 fully saturated rings. The van der Waals surface area contributed by atoms with E-state index in [-0.39, 0.29) is 29.8 Å². The van der Waals surface area contributed by atoms with Crippen molar-refractivity contribution in [2.24, 2.45) is 5.92 Å². The van der Waals surface area contributed by atoms with Gasteiger partial charge >= 0.3 is 0 Å². The number of hydrogen-bond acceptors (Lipinski definition) is 2. The second kappa shape index (κ2) is 8.91. The van der Waals surface area contributed by atoms with E-state index >= 15 is 0 Å². The fourth-order valence-electron chi connectivity index (χ4n) is 3.38. The minimum absolute atomic E-state index is 0. The number of halogens is 2. The van der Waals surface area contributed by atoms with Crippen LogP contribution in [0, 0.1) is 5.92 Å². The zero-order chi connectivity index (χ0) is 16.2. The molecule has 0 bridgehead atoms. The number of piperidine rings is 1. The van der Waals surface area contributed by atoms with Crippen LogP contribution in [0.3, 0.4) is 0 Å². The molecule has 0 saturated carbocycles. The Morgan fingerprint density at radius 3 is 2.43 bits per heavy atom. The van der Waals surface area contributed by atoms with Gasteiger partial charge in [-0.1, -0.05) is 37.6 Å². The maximum Gasteiger partial charge on any atom is 0.223 e. The van der Waals surface area contributed by atoms with Gasteiger partial charge in [0.05, 0.1) is 5.54 Å². The van der Waals surface area contributed by atoms with Gasteiger partial charge in [0, 0.05) is 17.0 Å². The topological polar surface area (TPSA) is 41.1 Å². The molecular formula is C18H28Cl2N2O. The van der Waals surface area contributed by atoms with Crippen LogP contribution in [-0.4, -0.2) is 18.5 Å². The molecule has 0 aliphatic carbocycles. The Balaban J connectivity index is 0.00000264. The first-order chi connectivity index (χ1) is 10.5. The van der Waals surface area contributed by atoms with E-state index in [1.807, 2.05) is 24.3 Å². The van der Waals surface area contributed by atoms with Gasteiger partial charge in [0.15, 0.2) is 0 Å². The number of nitrogens with one attached hydrogen (secondary N) is 2. The van der Waals surface area contributed by atoms with Gasteiger partial charge < -0.3 is 10.6 Å². The van der Waals surface area contributed by atoms with Crippen LogP contribution in [0.15, 0.2) is 24.3 Å². The van der Waals surface area contributed by atoms with Crippen molar-refractivity contribution in [1.82, 2.24) is 10.6 Å². The lowest BCUT2D eigenvalue weighted by Crippen LogP contribution is -2.50. The van der Waals surface area contributed by atoms with Crippen LogP contribution in [0.2, 0.25) is 5.02 Å². The minimum Gasteiger partial charge on any atom is -0.346 e. The summed E-state index contributed by atoms with van der Waals surface area (Å²) >= 11 is 6.00. The second-order valence-electron chi connectivity index (χ2n) is 6.36. The van der Waals surface area contributed by atoms with E-state index in [1.165, 1.54) is 0 Å². The van der Waals surface area contributed by atoms with Crippen molar-refractivity contribution in [2.45, 2.75) is 58.0 Å². The normalized spacial score (nSPS) is 21.4. The maximum atomic E-state index is 12.8. The molecular weight excluding hydrogens is 331 g/mol. The Bertz CT molecular complexity index is 500. The molecule has 23 heavy (non-hydrogen) atoms. The van der Waals surface area contributed by atoms with Gasteiger partial charge in [0.2, 0.25) is 5.91 Å². The molecule has 1 heterocycles. The van der Waals surface area contributed by atoms with Gasteiger partial charge in [0.25, 0.3) is 0 Å². The van der Waals surface area contributed by atoms with Crippen LogP contribution in [0.25, 0.3) is 0 Å². The Morgan fingerprint density at radius 2 is 1.91 bits per heavy atom. The molecule has 1 aromatic rings. The molecule has 130 valence electrons. The lowest BCUT2D eigenvalue weighted by Gasteiger charge is -2.36. The van der Waals surface area contributed by atoms with E-state index < -0.39 is 0 Å². The molecule has 2 N–H and O–H groups in total. The predicted octanol–water partition coefficient (Wildman–Crippen LogP) is 4.28. The van der Waals surface area contributed by atoms with Crippen LogP contribution in [0.5, 0.6) is 0 Å². The molecule has 3 nitrogen and oxygen atoms in total. The van der Waals surface area contributed by atoms with Crippen LogP contribution in [0.4, 0.5) is 0 Å². The van der Waals surface area contributed by atoms with Crippen molar-refractivity contribution in [2.75, 3.05) is 6.54 Å². The molecule has 0 radical (unpaired) electrons. The number of rotatable bonds is 5. The van der Waals surface area contributed by atoms with Crippen LogP contribution >= 0.6 is 24.0 Å². The number of benzene rings is 1. The first kappa shape index (κ1) is 20.3. The van der Waals surface area contributed by atoms with Crippen molar-refractivity contribution >= 4 is 29.9 Å². The summed E-state index contributed by atoms with van der Waals surface area (Å²) < 4.78 is 0. The fourth-order valence-corrected chi connectivity index (χ4v) is 3.51. The molecule has 0 aromatic heterocycles. The highest BCUT2D eigenvalue weighted by atomic mass is 35.5. The van der Waals surface area contributed by atoms with Crippen molar-refractivity contribution in [3.8, 4) is 0 Å². The highest BCUT2D eigenvalue weighted by Crippen LogP contribution is 2.31. The highest BCUT2D eigenvalue weighted by Gasteiger charge is 2.34. The van der Waals surface area contributed by atoms with Gasteiger partial charge in [-0.05, 0) is 56.8 Å². The lowest BCUT2D eigenvalue weighted by atomic mass is 9.83. The lowest BCUT2D eigenvalue weighted by molar-refractivity contribution is -0.128. The van der Waals surface area contributed by atoms with E-state index in [1.54, 1.807) is 0 Å². The van der Waals surface area contributed by atoms with Crippen LogP contribution < -0.4 is 10.6 Å². The number of hydrogen-bond donors (Lipinski definition) is 2. The minimum atomic E-state index is -0.296. The summed E-state index contributed by atoms with van der Waals surface area (Å²) in [6.45, 7) is 7.32. The Morgan fingerprint density at radius 1 is 1.30 bits per heavy atom. The highest BCUT2D eigenvalue weighted by molar-refractivity contribution is 6.30. The number of amides is 1. The van der Waals surface area contributed by atoms with Gasteiger partial charge in [-0.3, -0.25) is 4.79 Å². The SMILES string of the molecule is CCC(CC)(NC(=O)[C@H]1CCN[C@@H](C)C1)c1ccc(Cl)cc1.Cl. The maximum absolute atomic E-state index is 12.8. The van der Waals surface area contributed by atoms with Gasteiger partial charge in [-0.25, -0.2) is 0 Å². The third-order valence-corrected chi connectivity index (χ3v) is 5.21. The Hall–Kier alpha value is -0.770. The third-order valence-electron chi connectivity index (χ3n) is 4.96. The summed E-state index contributed by atoms with van der Waals surface area (Å²) in [5.41, 5.74) is 0.840. The molecule has 0 unspecified atom stereocenters. The summed E-state index contributed by atoms with van der Waals surface area (Å²) in [6.07, 6.45) is 3.57. The summed E-state index contributed by atoms with van der Waals surface area (Å²) in [6, 6.07) is 8.27. The van der Waals surface area contributed by atoms with Crippen molar-refractivity contribution in [3.05, 3.63) is 34.9 Å². The molecule has 1 aliphatic rings. The van der Waals surface area contributed by atoms with Crippen molar-refractivity contribution in [1.29, 1.82) is 0 Å².